The summed E-state index contributed by atoms with van der Waals surface area (Å²) in [6, 6.07) is 16.6. The Morgan fingerprint density at radius 2 is 1.56 bits per heavy atom. The van der Waals surface area contributed by atoms with Crippen LogP contribution in [0.2, 0.25) is 0 Å². The normalized spacial score (nSPS) is 14.2. The van der Waals surface area contributed by atoms with Gasteiger partial charge in [-0.3, -0.25) is 9.88 Å². The number of rotatable bonds is 5. The number of piperazine rings is 1. The van der Waals surface area contributed by atoms with E-state index in [1.54, 1.807) is 24.5 Å². The lowest BCUT2D eigenvalue weighted by molar-refractivity contribution is 0.249. The number of hydrogen-bond acceptors (Lipinski definition) is 5. The molecule has 0 bridgehead atoms. The van der Waals surface area contributed by atoms with Crippen LogP contribution < -0.4 is 4.90 Å². The Labute approximate surface area is 192 Å². The first-order chi connectivity index (χ1) is 15.3. The maximum absolute atomic E-state index is 13.3. The quantitative estimate of drug-likeness (QED) is 0.456. The molecule has 3 heterocycles. The van der Waals surface area contributed by atoms with Crippen LogP contribution in [0, 0.1) is 5.82 Å². The third kappa shape index (κ3) is 4.79. The van der Waals surface area contributed by atoms with Crippen LogP contribution in [0.4, 0.5) is 10.2 Å². The summed E-state index contributed by atoms with van der Waals surface area (Å²) in [4.78, 5) is 13.8. The minimum absolute atomic E-state index is 0. The fourth-order valence-corrected chi connectivity index (χ4v) is 3.91. The average molecular weight is 451 g/mol. The van der Waals surface area contributed by atoms with Crippen LogP contribution in [-0.4, -0.2) is 50.8 Å². The van der Waals surface area contributed by atoms with Crippen molar-refractivity contribution in [2.24, 2.45) is 0 Å². The summed E-state index contributed by atoms with van der Waals surface area (Å²) in [5, 5.41) is 4.50. The first kappa shape index (κ1) is 21.9. The zero-order valence-corrected chi connectivity index (χ0v) is 18.3. The largest absolute Gasteiger partial charge is 0.352 e. The summed E-state index contributed by atoms with van der Waals surface area (Å²) in [6.07, 6.45) is 7.43. The highest BCUT2D eigenvalue weighted by molar-refractivity contribution is 5.85. The van der Waals surface area contributed by atoms with Crippen LogP contribution in [-0.2, 0) is 6.54 Å². The Kier molecular flexibility index (Phi) is 6.78. The lowest BCUT2D eigenvalue weighted by Crippen LogP contribution is -2.46. The molecular weight excluding hydrogens is 427 g/mol. The predicted octanol–water partition coefficient (Wildman–Crippen LogP) is 4.21. The number of benzene rings is 2. The molecule has 2 aromatic carbocycles. The van der Waals surface area contributed by atoms with Crippen LogP contribution >= 0.6 is 12.4 Å². The molecule has 0 aliphatic carbocycles. The molecule has 164 valence electrons. The van der Waals surface area contributed by atoms with E-state index in [0.717, 1.165) is 55.5 Å². The highest BCUT2D eigenvalue weighted by Gasteiger charge is 2.22. The third-order valence-corrected chi connectivity index (χ3v) is 5.53. The SMILES string of the molecule is Cl.Fc1ccc(-c2nccnc2N2CCN(Cc3cnn(-c4ccccc4)c3)CC2)cc1. The van der Waals surface area contributed by atoms with Crippen molar-refractivity contribution in [1.29, 1.82) is 0 Å². The van der Waals surface area contributed by atoms with Gasteiger partial charge in [-0.05, 0) is 36.4 Å². The molecule has 1 fully saturated rings. The van der Waals surface area contributed by atoms with Crippen molar-refractivity contribution < 1.29 is 4.39 Å². The van der Waals surface area contributed by atoms with Crippen molar-refractivity contribution >= 4 is 18.2 Å². The highest BCUT2D eigenvalue weighted by Crippen LogP contribution is 2.27. The molecule has 0 atom stereocenters. The van der Waals surface area contributed by atoms with Crippen molar-refractivity contribution in [3.63, 3.8) is 0 Å². The zero-order chi connectivity index (χ0) is 21.0. The molecule has 0 unspecified atom stereocenters. The molecule has 4 aromatic rings. The van der Waals surface area contributed by atoms with E-state index in [4.69, 9.17) is 0 Å². The zero-order valence-electron chi connectivity index (χ0n) is 17.5. The van der Waals surface area contributed by atoms with Gasteiger partial charge in [-0.15, -0.1) is 12.4 Å². The number of halogens is 2. The molecule has 0 saturated carbocycles. The van der Waals surface area contributed by atoms with Crippen LogP contribution in [0.3, 0.4) is 0 Å². The maximum Gasteiger partial charge on any atom is 0.155 e. The summed E-state index contributed by atoms with van der Waals surface area (Å²) in [6.45, 7) is 4.44. The average Bonchev–Trinajstić information content (AvgIpc) is 3.29. The highest BCUT2D eigenvalue weighted by atomic mass is 35.5. The number of nitrogens with zero attached hydrogens (tertiary/aromatic N) is 6. The van der Waals surface area contributed by atoms with Gasteiger partial charge in [-0.25, -0.2) is 14.1 Å². The molecule has 0 radical (unpaired) electrons. The lowest BCUT2D eigenvalue weighted by Gasteiger charge is -2.35. The summed E-state index contributed by atoms with van der Waals surface area (Å²) >= 11 is 0. The summed E-state index contributed by atoms with van der Waals surface area (Å²) < 4.78 is 15.2. The molecule has 0 N–H and O–H groups in total. The fraction of sp³-hybridized carbons (Fsp3) is 0.208. The Bertz CT molecular complexity index is 1140. The number of hydrogen-bond donors (Lipinski definition) is 0. The van der Waals surface area contributed by atoms with Crippen molar-refractivity contribution in [3.8, 4) is 16.9 Å². The second-order valence-corrected chi connectivity index (χ2v) is 7.63. The van der Waals surface area contributed by atoms with Crippen LogP contribution in [0.1, 0.15) is 5.56 Å². The van der Waals surface area contributed by atoms with Gasteiger partial charge in [-0.2, -0.15) is 5.10 Å². The van der Waals surface area contributed by atoms with E-state index in [2.05, 4.69) is 43.2 Å². The molecule has 0 spiro atoms. The van der Waals surface area contributed by atoms with Crippen molar-refractivity contribution in [1.82, 2.24) is 24.6 Å². The summed E-state index contributed by atoms with van der Waals surface area (Å²) in [7, 11) is 0. The molecule has 5 rings (SSSR count). The first-order valence-corrected chi connectivity index (χ1v) is 10.4. The first-order valence-electron chi connectivity index (χ1n) is 10.4. The maximum atomic E-state index is 13.3. The molecular formula is C24H24ClFN6. The molecule has 1 aliphatic rings. The second-order valence-electron chi connectivity index (χ2n) is 7.63. The van der Waals surface area contributed by atoms with E-state index >= 15 is 0 Å². The van der Waals surface area contributed by atoms with E-state index < -0.39 is 0 Å². The topological polar surface area (TPSA) is 50.1 Å². The fourth-order valence-electron chi connectivity index (χ4n) is 3.91. The van der Waals surface area contributed by atoms with Gasteiger partial charge < -0.3 is 4.90 Å². The van der Waals surface area contributed by atoms with Gasteiger partial charge in [0, 0.05) is 62.4 Å². The van der Waals surface area contributed by atoms with Crippen molar-refractivity contribution in [2.45, 2.75) is 6.54 Å². The van der Waals surface area contributed by atoms with Gasteiger partial charge in [0.1, 0.15) is 11.5 Å². The molecule has 1 saturated heterocycles. The Morgan fingerprint density at radius 3 is 2.31 bits per heavy atom. The Balaban J connectivity index is 0.00000245. The van der Waals surface area contributed by atoms with E-state index in [1.165, 1.54) is 17.7 Å². The van der Waals surface area contributed by atoms with Gasteiger partial charge in [0.25, 0.3) is 0 Å². The van der Waals surface area contributed by atoms with Gasteiger partial charge in [0.05, 0.1) is 11.9 Å². The molecule has 2 aromatic heterocycles. The summed E-state index contributed by atoms with van der Waals surface area (Å²) in [5.74, 6) is 0.601. The van der Waals surface area contributed by atoms with Crippen LogP contribution in [0.25, 0.3) is 16.9 Å². The van der Waals surface area contributed by atoms with Crippen LogP contribution in [0.5, 0.6) is 0 Å². The van der Waals surface area contributed by atoms with E-state index in [-0.39, 0.29) is 18.2 Å². The van der Waals surface area contributed by atoms with Gasteiger partial charge in [0.2, 0.25) is 0 Å². The number of aromatic nitrogens is 4. The van der Waals surface area contributed by atoms with Crippen LogP contribution in [0.15, 0.2) is 79.4 Å². The van der Waals surface area contributed by atoms with E-state index in [0.29, 0.717) is 0 Å². The minimum atomic E-state index is -0.251. The second kappa shape index (κ2) is 9.89. The lowest BCUT2D eigenvalue weighted by atomic mass is 10.1. The van der Waals surface area contributed by atoms with Gasteiger partial charge in [-0.1, -0.05) is 18.2 Å². The minimum Gasteiger partial charge on any atom is -0.352 e. The molecule has 8 heteroatoms. The predicted molar refractivity (Wildman–Crippen MR) is 126 cm³/mol. The van der Waals surface area contributed by atoms with Crippen molar-refractivity contribution in [2.75, 3.05) is 31.1 Å². The standard InChI is InChI=1S/C24H23FN6.ClH/c25-21-8-6-20(7-9-21)23-24(27-11-10-26-23)30-14-12-29(13-15-30)17-19-16-28-31(18-19)22-4-2-1-3-5-22;/h1-11,16,18H,12-15,17H2;1H. The molecule has 32 heavy (non-hydrogen) atoms. The Hall–Kier alpha value is -3.29. The molecule has 6 nitrogen and oxygen atoms in total. The number of anilines is 1. The monoisotopic (exact) mass is 450 g/mol. The molecule has 1 aliphatic heterocycles. The molecule has 0 amide bonds. The van der Waals surface area contributed by atoms with E-state index in [9.17, 15) is 4.39 Å². The third-order valence-electron chi connectivity index (χ3n) is 5.53. The summed E-state index contributed by atoms with van der Waals surface area (Å²) in [5.41, 5.74) is 3.93. The smallest absolute Gasteiger partial charge is 0.155 e. The van der Waals surface area contributed by atoms with Gasteiger partial charge in [0.15, 0.2) is 5.82 Å². The van der Waals surface area contributed by atoms with Crippen molar-refractivity contribution in [3.05, 3.63) is 90.8 Å². The van der Waals surface area contributed by atoms with E-state index in [1.807, 2.05) is 29.1 Å². The Morgan fingerprint density at radius 1 is 0.844 bits per heavy atom. The number of para-hydroxylation sites is 1. The van der Waals surface area contributed by atoms with Gasteiger partial charge >= 0.3 is 0 Å².